The van der Waals surface area contributed by atoms with Crippen LogP contribution in [-0.4, -0.2) is 84.8 Å². The largest absolute Gasteiger partial charge is 0.609 e. The SMILES string of the molecule is Cc1cc(-c2nc3c4c(nc([S+](C)[O-])nc4c2F)N2C[C@H]4CC[C@@H]([C@H]2[C@H](C)O3)N4C(=O)OC(C)(C)C)c(C)c(NC(=O)OC(C)(C)C)c1C1CC1. The maximum Gasteiger partial charge on any atom is 0.412 e. The third-order valence-corrected chi connectivity index (χ3v) is 10.7. The Hall–Kier alpha value is -3.91. The number of rotatable bonds is 4. The first-order valence-corrected chi connectivity index (χ1v) is 19.2. The summed E-state index contributed by atoms with van der Waals surface area (Å²) < 4.78 is 48.2. The molecule has 4 aliphatic rings. The number of piperazine rings is 1. The molecule has 1 aliphatic carbocycles. The smallest absolute Gasteiger partial charge is 0.412 e. The monoisotopic (exact) mass is 722 g/mol. The fourth-order valence-electron chi connectivity index (χ4n) is 7.97. The van der Waals surface area contributed by atoms with Crippen molar-refractivity contribution in [3.05, 3.63) is 28.6 Å². The number of fused-ring (bicyclic) bond motifs is 5. The van der Waals surface area contributed by atoms with Crippen LogP contribution < -0.4 is 15.0 Å². The normalized spacial score (nSPS) is 23.4. The van der Waals surface area contributed by atoms with Crippen molar-refractivity contribution in [2.75, 3.05) is 23.0 Å². The molecule has 51 heavy (non-hydrogen) atoms. The van der Waals surface area contributed by atoms with E-state index < -0.39 is 40.4 Å². The van der Waals surface area contributed by atoms with Crippen LogP contribution in [0, 0.1) is 19.7 Å². The molecule has 2 saturated heterocycles. The van der Waals surface area contributed by atoms with Gasteiger partial charge in [-0.15, -0.1) is 0 Å². The highest BCUT2D eigenvalue weighted by molar-refractivity contribution is 7.90. The average Bonchev–Trinajstić information content (AvgIpc) is 3.81. The first kappa shape index (κ1) is 35.5. The number of aromatic nitrogens is 3. The van der Waals surface area contributed by atoms with Gasteiger partial charge < -0.3 is 23.7 Å². The van der Waals surface area contributed by atoms with Crippen LogP contribution in [0.15, 0.2) is 11.2 Å². The van der Waals surface area contributed by atoms with E-state index in [2.05, 4.69) is 15.2 Å². The van der Waals surface area contributed by atoms with Crippen LogP contribution in [0.2, 0.25) is 0 Å². The summed E-state index contributed by atoms with van der Waals surface area (Å²) in [6, 6.07) is 1.09. The van der Waals surface area contributed by atoms with E-state index in [0.29, 0.717) is 34.6 Å². The van der Waals surface area contributed by atoms with Gasteiger partial charge in [0.1, 0.15) is 40.2 Å². The number of halogens is 1. The number of anilines is 2. The Balaban J connectivity index is 1.38. The van der Waals surface area contributed by atoms with Crippen molar-refractivity contribution in [3.8, 4) is 17.1 Å². The van der Waals surface area contributed by atoms with Crippen molar-refractivity contribution >= 4 is 45.8 Å². The van der Waals surface area contributed by atoms with E-state index in [4.69, 9.17) is 24.2 Å². The molecule has 2 bridgehead atoms. The van der Waals surface area contributed by atoms with Crippen molar-refractivity contribution < 1.29 is 32.7 Å². The summed E-state index contributed by atoms with van der Waals surface area (Å²) in [7, 11) is 0. The molecule has 0 spiro atoms. The van der Waals surface area contributed by atoms with Crippen molar-refractivity contribution in [2.24, 2.45) is 0 Å². The van der Waals surface area contributed by atoms with E-state index in [1.165, 1.54) is 6.26 Å². The summed E-state index contributed by atoms with van der Waals surface area (Å²) in [6.07, 6.45) is 3.44. The van der Waals surface area contributed by atoms with Crippen molar-refractivity contribution in [1.29, 1.82) is 0 Å². The van der Waals surface area contributed by atoms with Gasteiger partial charge in [0.25, 0.3) is 0 Å². The van der Waals surface area contributed by atoms with Crippen LogP contribution in [0.3, 0.4) is 0 Å². The minimum atomic E-state index is -1.64. The zero-order valence-electron chi connectivity index (χ0n) is 31.0. The van der Waals surface area contributed by atoms with Crippen LogP contribution in [0.4, 0.5) is 25.5 Å². The Morgan fingerprint density at radius 2 is 1.73 bits per heavy atom. The molecule has 14 heteroatoms. The number of nitrogens with one attached hydrogen (secondary N) is 1. The number of hydrogen-bond acceptors (Lipinski definition) is 10. The summed E-state index contributed by atoms with van der Waals surface area (Å²) in [4.78, 5) is 44.6. The molecule has 1 unspecified atom stereocenters. The molecule has 3 fully saturated rings. The first-order valence-electron chi connectivity index (χ1n) is 17.7. The van der Waals surface area contributed by atoms with E-state index in [1.54, 1.807) is 20.8 Å². The first-order chi connectivity index (χ1) is 23.8. The van der Waals surface area contributed by atoms with E-state index in [0.717, 1.165) is 36.8 Å². The van der Waals surface area contributed by atoms with E-state index in [9.17, 15) is 14.1 Å². The van der Waals surface area contributed by atoms with Crippen molar-refractivity contribution in [3.63, 3.8) is 0 Å². The molecule has 2 aromatic heterocycles. The van der Waals surface area contributed by atoms with Crippen molar-refractivity contribution in [2.45, 2.75) is 135 Å². The van der Waals surface area contributed by atoms with Crippen LogP contribution in [0.25, 0.3) is 22.2 Å². The highest BCUT2D eigenvalue weighted by Crippen LogP contribution is 2.50. The maximum atomic E-state index is 17.2. The number of nitrogens with zero attached hydrogens (tertiary/aromatic N) is 5. The van der Waals surface area contributed by atoms with Gasteiger partial charge in [-0.2, -0.15) is 9.97 Å². The summed E-state index contributed by atoms with van der Waals surface area (Å²) in [5, 5.41) is 3.25. The summed E-state index contributed by atoms with van der Waals surface area (Å²) in [5.74, 6) is 0.101. The number of benzene rings is 1. The maximum absolute atomic E-state index is 17.2. The summed E-state index contributed by atoms with van der Waals surface area (Å²) >= 11 is -1.64. The van der Waals surface area contributed by atoms with Gasteiger partial charge in [0.2, 0.25) is 5.88 Å². The average molecular weight is 723 g/mol. The lowest BCUT2D eigenvalue weighted by Gasteiger charge is -2.48. The molecule has 0 radical (unpaired) electrons. The van der Waals surface area contributed by atoms with E-state index in [-0.39, 0.29) is 52.4 Å². The van der Waals surface area contributed by atoms with Crippen molar-refractivity contribution in [1.82, 2.24) is 19.9 Å². The Kier molecular flexibility index (Phi) is 8.60. The standard InChI is InChI=1S/C37H47FN6O6S/c1-17-15-22(18(2)27(24(17)20-11-12-20)41-34(45)49-36(4,5)6)28-26(38)29-25-31(42-33(40-29)51(10)47)43-16-21-13-14-23(30(43)19(3)48-32(25)39-28)44(21)35(46)50-37(7,8)9/h15,19-21,23,30H,11-14,16H2,1-10H3,(H,41,45)/t19-,21+,23-,30+,51?/m0/s1. The molecule has 5 atom stereocenters. The molecular weight excluding hydrogens is 676 g/mol. The molecule has 1 aromatic carbocycles. The van der Waals surface area contributed by atoms with Gasteiger partial charge in [0.15, 0.2) is 11.6 Å². The highest BCUT2D eigenvalue weighted by atomic mass is 32.2. The van der Waals surface area contributed by atoms with Gasteiger partial charge in [-0.05, 0) is 117 Å². The lowest BCUT2D eigenvalue weighted by molar-refractivity contribution is 0.000929. The zero-order chi connectivity index (χ0) is 36.9. The quantitative estimate of drug-likeness (QED) is 0.218. The predicted molar refractivity (Wildman–Crippen MR) is 192 cm³/mol. The van der Waals surface area contributed by atoms with Crippen LogP contribution in [0.5, 0.6) is 5.88 Å². The summed E-state index contributed by atoms with van der Waals surface area (Å²) in [6.45, 7) is 17.0. The predicted octanol–water partition coefficient (Wildman–Crippen LogP) is 7.15. The summed E-state index contributed by atoms with van der Waals surface area (Å²) in [5.41, 5.74) is 2.13. The second kappa shape index (κ2) is 12.4. The topological polar surface area (TPSA) is 142 Å². The Labute approximate surface area is 301 Å². The zero-order valence-corrected chi connectivity index (χ0v) is 31.8. The molecular formula is C37H47FN6O6S. The van der Waals surface area contributed by atoms with Gasteiger partial charge in [0.05, 0.1) is 23.8 Å². The number of carbonyl (C=O) groups is 2. The number of pyridine rings is 1. The lowest BCUT2D eigenvalue weighted by Crippen LogP contribution is -2.65. The number of hydrogen-bond donors (Lipinski definition) is 1. The molecule has 1 saturated carbocycles. The van der Waals surface area contributed by atoms with Gasteiger partial charge in [-0.1, -0.05) is 0 Å². The molecule has 3 aliphatic heterocycles. The van der Waals surface area contributed by atoms with Crippen LogP contribution in [-0.2, 0) is 20.6 Å². The van der Waals surface area contributed by atoms with Gasteiger partial charge in [-0.25, -0.2) is 19.0 Å². The third kappa shape index (κ3) is 6.42. The van der Waals surface area contributed by atoms with Gasteiger partial charge in [-0.3, -0.25) is 10.2 Å². The fourth-order valence-corrected chi connectivity index (χ4v) is 8.41. The van der Waals surface area contributed by atoms with E-state index >= 15 is 4.39 Å². The highest BCUT2D eigenvalue weighted by Gasteiger charge is 2.54. The molecule has 3 aromatic rings. The van der Waals surface area contributed by atoms with Gasteiger partial charge in [0, 0.05) is 23.3 Å². The molecule has 2 amide bonds. The lowest BCUT2D eigenvalue weighted by atomic mass is 9.92. The Morgan fingerprint density at radius 3 is 2.35 bits per heavy atom. The van der Waals surface area contributed by atoms with Crippen LogP contribution in [0.1, 0.15) is 96.8 Å². The minimum Gasteiger partial charge on any atom is -0.609 e. The molecule has 7 rings (SSSR count). The van der Waals surface area contributed by atoms with Crippen LogP contribution >= 0.6 is 0 Å². The second-order valence-electron chi connectivity index (χ2n) is 16.3. The second-order valence-corrected chi connectivity index (χ2v) is 17.6. The molecule has 1 N–H and O–H groups in total. The van der Waals surface area contributed by atoms with Gasteiger partial charge >= 0.3 is 17.3 Å². The fraction of sp³-hybridized carbons (Fsp3) is 0.595. The minimum absolute atomic E-state index is 0.00542. The number of ether oxygens (including phenoxy) is 3. The Bertz CT molecular complexity index is 1940. The number of aryl methyl sites for hydroxylation is 1. The molecule has 5 heterocycles. The third-order valence-electron chi connectivity index (χ3n) is 10.0. The van der Waals surface area contributed by atoms with E-state index in [1.807, 2.05) is 52.5 Å². The Morgan fingerprint density at radius 1 is 1.04 bits per heavy atom. The number of amides is 2. The molecule has 12 nitrogen and oxygen atoms in total. The number of carbonyl (C=O) groups excluding carboxylic acids is 2. The molecule has 274 valence electrons.